The second-order valence-corrected chi connectivity index (χ2v) is 7.67. The molecule has 0 bridgehead atoms. The lowest BCUT2D eigenvalue weighted by molar-refractivity contribution is -0.154. The smallest absolute Gasteiger partial charge is 0.453 e. The monoisotopic (exact) mass is 421 g/mol. The lowest BCUT2D eigenvalue weighted by atomic mass is 10.3. The van der Waals surface area contributed by atoms with Gasteiger partial charge in [0.15, 0.2) is 6.10 Å². The van der Waals surface area contributed by atoms with Crippen LogP contribution in [0.5, 0.6) is 0 Å². The summed E-state index contributed by atoms with van der Waals surface area (Å²) in [5.41, 5.74) is 0. The van der Waals surface area contributed by atoms with Crippen molar-refractivity contribution in [3.8, 4) is 0 Å². The summed E-state index contributed by atoms with van der Waals surface area (Å²) in [4.78, 5) is 22.0. The fourth-order valence-electron chi connectivity index (χ4n) is 1.31. The van der Waals surface area contributed by atoms with Crippen LogP contribution < -0.4 is 9.01 Å². The largest absolute Gasteiger partial charge is 0.506 e. The molecule has 0 heterocycles. The number of hydrogen-bond acceptors (Lipinski definition) is 3. The third kappa shape index (κ3) is 12.7. The van der Waals surface area contributed by atoms with Gasteiger partial charge >= 0.3 is 24.2 Å². The number of carbonyl (C=O) groups is 2. The summed E-state index contributed by atoms with van der Waals surface area (Å²) in [7, 11) is 0. The normalized spacial score (nSPS) is 10.4. The lowest BCUT2D eigenvalue weighted by Gasteiger charge is -2.14. The van der Waals surface area contributed by atoms with E-state index >= 15 is 0 Å². The van der Waals surface area contributed by atoms with Crippen LogP contribution in [0.4, 0.5) is 4.39 Å². The molecule has 1 rings (SSSR count). The molecule has 23 heavy (non-hydrogen) atoms. The van der Waals surface area contributed by atoms with E-state index in [1.54, 1.807) is 13.8 Å². The minimum atomic E-state index is -0.699. The molecule has 4 nitrogen and oxygen atoms in total. The Bertz CT molecular complexity index is 474. The zero-order valence-corrected chi connectivity index (χ0v) is 17.6. The van der Waals surface area contributed by atoms with Crippen molar-refractivity contribution in [1.29, 1.82) is 0 Å². The number of rotatable bonds is 5. The van der Waals surface area contributed by atoms with Crippen LogP contribution in [0.25, 0.3) is 0 Å². The minimum Gasteiger partial charge on any atom is -0.453 e. The maximum absolute atomic E-state index is 12.2. The number of benzene rings is 1. The predicted octanol–water partition coefficient (Wildman–Crippen LogP) is 2.74. The number of ether oxygens (including phenoxy) is 1. The first-order valence-electron chi connectivity index (χ1n) is 7.10. The van der Waals surface area contributed by atoms with Crippen molar-refractivity contribution in [2.45, 2.75) is 46.3 Å². The average Bonchev–Trinajstić information content (AvgIpc) is 2.47. The highest BCUT2D eigenvalue weighted by Gasteiger charge is 2.16. The van der Waals surface area contributed by atoms with Gasteiger partial charge in [-0.2, -0.15) is 3.69 Å². The highest BCUT2D eigenvalue weighted by atomic mass is 79.9. The molecular weight excluding hydrogens is 401 g/mol. The molecule has 0 aromatic heterocycles. The highest BCUT2D eigenvalue weighted by Crippen LogP contribution is 1.95. The quantitative estimate of drug-likeness (QED) is 0.586. The molecule has 0 spiro atoms. The summed E-state index contributed by atoms with van der Waals surface area (Å²) in [6.07, 6.45) is -0.408. The Morgan fingerprint density at radius 3 is 2.17 bits per heavy atom. The van der Waals surface area contributed by atoms with Crippen molar-refractivity contribution in [3.63, 3.8) is 0 Å². The Labute approximate surface area is 158 Å². The molecule has 0 fully saturated rings. The van der Waals surface area contributed by atoms with Crippen molar-refractivity contribution in [1.82, 2.24) is 5.32 Å². The fraction of sp³-hybridized carbons (Fsp3) is 0.467. The van der Waals surface area contributed by atoms with Gasteiger partial charge in [0.05, 0.1) is 0 Å². The molecule has 0 saturated carbocycles. The van der Waals surface area contributed by atoms with Crippen LogP contribution in [0, 0.1) is 5.82 Å². The number of hydrogen-bond donors (Lipinski definition) is 1. The standard InChI is InChI=1S/C9H17NO3.C6H4F.BrH.ClH.Mg/c1-5-8(11)13-7(4)9(12)10-6(2)3;7-6-4-2-1-3-5-6;;;/h6-7H,5H2,1-4H3,(H,10,12);2-5H;2*1H;/q;;;;+1/p-1. The van der Waals surface area contributed by atoms with E-state index in [1.807, 2.05) is 26.0 Å². The molecule has 0 radical (unpaired) electrons. The summed E-state index contributed by atoms with van der Waals surface area (Å²) in [5.74, 6) is -0.767. The minimum absolute atomic E-state index is 0. The molecule has 0 aliphatic carbocycles. The lowest BCUT2D eigenvalue weighted by Crippen LogP contribution is -2.39. The Balaban J connectivity index is 0. The molecule has 1 amide bonds. The van der Waals surface area contributed by atoms with Crippen LogP contribution in [-0.2, 0) is 14.3 Å². The number of esters is 1. The van der Waals surface area contributed by atoms with Crippen LogP contribution >= 0.6 is 25.3 Å². The molecule has 0 aliphatic heterocycles. The third-order valence-electron chi connectivity index (χ3n) is 2.46. The van der Waals surface area contributed by atoms with Gasteiger partial charge in [-0.1, -0.05) is 19.1 Å². The number of amides is 1. The molecule has 0 aliphatic rings. The molecule has 0 saturated heterocycles. The summed E-state index contributed by atoms with van der Waals surface area (Å²) in [6.45, 7) is 6.96. The Morgan fingerprint density at radius 2 is 1.78 bits per heavy atom. The molecule has 1 aromatic carbocycles. The summed E-state index contributed by atoms with van der Waals surface area (Å²) in [6, 6.07) is 6.68. The van der Waals surface area contributed by atoms with E-state index in [4.69, 9.17) is 4.74 Å². The molecule has 1 unspecified atom stereocenters. The second kappa shape index (κ2) is 14.0. The molecule has 8 heteroatoms. The molecule has 1 atom stereocenters. The van der Waals surface area contributed by atoms with Crippen LogP contribution in [0.2, 0.25) is 0 Å². The Hall–Kier alpha value is -0.374. The zero-order valence-electron chi connectivity index (χ0n) is 13.8. The van der Waals surface area contributed by atoms with E-state index in [-0.39, 0.29) is 54.3 Å². The van der Waals surface area contributed by atoms with Crippen LogP contribution in [-0.4, -0.2) is 42.2 Å². The first-order chi connectivity index (χ1) is 10.3. The number of nitrogens with one attached hydrogen (secondary N) is 1. The van der Waals surface area contributed by atoms with Gasteiger partial charge in [-0.3, -0.25) is 22.5 Å². The van der Waals surface area contributed by atoms with Gasteiger partial charge in [0, 0.05) is 12.5 Å². The van der Waals surface area contributed by atoms with Gasteiger partial charge in [0.25, 0.3) is 5.91 Å². The highest BCUT2D eigenvalue weighted by molar-refractivity contribution is 9.23. The van der Waals surface area contributed by atoms with E-state index < -0.39 is 6.10 Å². The van der Waals surface area contributed by atoms with E-state index in [9.17, 15) is 14.0 Å². The van der Waals surface area contributed by atoms with E-state index in [0.29, 0.717) is 6.42 Å². The summed E-state index contributed by atoms with van der Waals surface area (Å²) >= 11 is 3.12. The molecule has 128 valence electrons. The third-order valence-corrected chi connectivity index (χ3v) is 5.19. The zero-order chi connectivity index (χ0) is 17.1. The maximum atomic E-state index is 12.2. The molecular formula is C15H22BrClFMgNO3. The van der Waals surface area contributed by atoms with Crippen molar-refractivity contribution in [3.05, 3.63) is 30.1 Å². The van der Waals surface area contributed by atoms with Gasteiger partial charge in [0.2, 0.25) is 0 Å². The number of carbonyl (C=O) groups excluding carboxylic acids is 2. The maximum Gasteiger partial charge on any atom is 0.506 e. The fourth-order valence-corrected chi connectivity index (χ4v) is 2.84. The van der Waals surface area contributed by atoms with E-state index in [1.165, 1.54) is 15.8 Å². The van der Waals surface area contributed by atoms with Gasteiger partial charge in [-0.25, -0.2) is 4.39 Å². The first-order valence-corrected chi connectivity index (χ1v) is 11.7. The van der Waals surface area contributed by atoms with Crippen LogP contribution in [0.15, 0.2) is 24.3 Å². The topological polar surface area (TPSA) is 55.4 Å². The summed E-state index contributed by atoms with van der Waals surface area (Å²) < 4.78 is 18.3. The Morgan fingerprint density at radius 1 is 1.26 bits per heavy atom. The van der Waals surface area contributed by atoms with Crippen molar-refractivity contribution in [2.75, 3.05) is 0 Å². The van der Waals surface area contributed by atoms with Gasteiger partial charge in [-0.05, 0) is 32.9 Å². The van der Waals surface area contributed by atoms with Crippen LogP contribution in [0.3, 0.4) is 0 Å². The Kier molecular flexibility index (Phi) is 15.2. The van der Waals surface area contributed by atoms with Crippen molar-refractivity contribution in [2.24, 2.45) is 0 Å². The second-order valence-electron chi connectivity index (χ2n) is 4.91. The van der Waals surface area contributed by atoms with Gasteiger partial charge < -0.3 is 10.1 Å². The first kappa shape index (κ1) is 24.9. The summed E-state index contributed by atoms with van der Waals surface area (Å²) in [5, 5.41) is 2.66. The SMILES string of the molecule is CCC(=O)OC(C)C(=O)NC(C)C.Cl.Fc1cc[c]([Mg][Br])cc1. The van der Waals surface area contributed by atoms with Crippen molar-refractivity contribution < 1.29 is 18.7 Å². The van der Waals surface area contributed by atoms with Gasteiger partial charge in [-0.15, -0.1) is 12.4 Å². The molecule has 1 aromatic rings. The van der Waals surface area contributed by atoms with Gasteiger partial charge in [0.1, 0.15) is 5.82 Å². The van der Waals surface area contributed by atoms with Crippen LogP contribution in [0.1, 0.15) is 34.1 Å². The van der Waals surface area contributed by atoms with Crippen molar-refractivity contribution >= 4 is 59.1 Å². The average molecular weight is 423 g/mol. The number of halogens is 3. The van der Waals surface area contributed by atoms with E-state index in [0.717, 1.165) is 0 Å². The van der Waals surface area contributed by atoms with E-state index in [2.05, 4.69) is 18.2 Å². The predicted molar refractivity (Wildman–Crippen MR) is 97.1 cm³/mol. The molecule has 1 N–H and O–H groups in total.